The number of methoxy groups -OCH3 is 1. The summed E-state index contributed by atoms with van der Waals surface area (Å²) in [4.78, 5) is 2.37. The molecule has 3 rings (SSSR count). The molecule has 0 saturated carbocycles. The van der Waals surface area contributed by atoms with E-state index in [0.717, 1.165) is 11.4 Å². The summed E-state index contributed by atoms with van der Waals surface area (Å²) >= 11 is 0. The molecule has 1 saturated heterocycles. The van der Waals surface area contributed by atoms with E-state index in [-0.39, 0.29) is 4.90 Å². The summed E-state index contributed by atoms with van der Waals surface area (Å²) < 4.78 is 32.2. The van der Waals surface area contributed by atoms with Gasteiger partial charge in [-0.3, -0.25) is 0 Å². The summed E-state index contributed by atoms with van der Waals surface area (Å²) in [7, 11) is -1.91. The summed E-state index contributed by atoms with van der Waals surface area (Å²) in [5.41, 5.74) is 1.47. The summed E-state index contributed by atoms with van der Waals surface area (Å²) in [6, 6.07) is 15.8. The summed E-state index contributed by atoms with van der Waals surface area (Å²) in [6.45, 7) is 2.06. The average Bonchev–Trinajstić information content (AvgIpc) is 2.68. The third kappa shape index (κ3) is 3.60. The van der Waals surface area contributed by atoms with Crippen LogP contribution >= 0.6 is 0 Å². The van der Waals surface area contributed by atoms with Crippen molar-refractivity contribution in [1.29, 1.82) is 5.26 Å². The van der Waals surface area contributed by atoms with Crippen LogP contribution in [0.5, 0.6) is 5.75 Å². The number of anilines is 1. The van der Waals surface area contributed by atoms with E-state index in [4.69, 9.17) is 10.00 Å². The smallest absolute Gasteiger partial charge is 0.243 e. The number of hydrogen-bond donors (Lipinski definition) is 0. The second-order valence-electron chi connectivity index (χ2n) is 5.73. The first-order valence-corrected chi connectivity index (χ1v) is 9.38. The van der Waals surface area contributed by atoms with E-state index in [9.17, 15) is 8.42 Å². The first kappa shape index (κ1) is 17.3. The fourth-order valence-electron chi connectivity index (χ4n) is 2.84. The van der Waals surface area contributed by atoms with Gasteiger partial charge in [-0.1, -0.05) is 6.07 Å². The highest BCUT2D eigenvalue weighted by Gasteiger charge is 2.28. The van der Waals surface area contributed by atoms with Crippen molar-refractivity contribution < 1.29 is 13.2 Å². The van der Waals surface area contributed by atoms with Crippen molar-refractivity contribution in [1.82, 2.24) is 4.31 Å². The zero-order valence-electron chi connectivity index (χ0n) is 13.9. The van der Waals surface area contributed by atoms with Gasteiger partial charge in [0, 0.05) is 37.9 Å². The Morgan fingerprint density at radius 1 is 1.04 bits per heavy atom. The van der Waals surface area contributed by atoms with Crippen LogP contribution in [0.2, 0.25) is 0 Å². The molecule has 0 atom stereocenters. The van der Waals surface area contributed by atoms with Gasteiger partial charge >= 0.3 is 0 Å². The lowest BCUT2D eigenvalue weighted by molar-refractivity contribution is 0.384. The topological polar surface area (TPSA) is 73.6 Å². The SMILES string of the molecule is COc1cccc(N2CCN(S(=O)(=O)c3ccc(C#N)cc3)CC2)c1. The molecule has 25 heavy (non-hydrogen) atoms. The number of piperazine rings is 1. The minimum absolute atomic E-state index is 0.223. The number of ether oxygens (including phenoxy) is 1. The fourth-order valence-corrected chi connectivity index (χ4v) is 4.27. The molecule has 0 aromatic heterocycles. The standard InChI is InChI=1S/C18H19N3O3S/c1-24-17-4-2-3-16(13-17)20-9-11-21(12-10-20)25(22,23)18-7-5-15(14-19)6-8-18/h2-8,13H,9-12H2,1H3. The van der Waals surface area contributed by atoms with Gasteiger partial charge < -0.3 is 9.64 Å². The molecule has 0 N–H and O–H groups in total. The minimum atomic E-state index is -3.53. The average molecular weight is 357 g/mol. The molecule has 6 nitrogen and oxygen atoms in total. The molecule has 130 valence electrons. The van der Waals surface area contributed by atoms with Crippen molar-refractivity contribution in [3.8, 4) is 11.8 Å². The van der Waals surface area contributed by atoms with Crippen molar-refractivity contribution in [3.63, 3.8) is 0 Å². The number of nitrogens with zero attached hydrogens (tertiary/aromatic N) is 3. The van der Waals surface area contributed by atoms with Gasteiger partial charge in [0.2, 0.25) is 10.0 Å². The number of rotatable bonds is 4. The second kappa shape index (κ2) is 7.13. The predicted molar refractivity (Wildman–Crippen MR) is 95.1 cm³/mol. The quantitative estimate of drug-likeness (QED) is 0.838. The van der Waals surface area contributed by atoms with Gasteiger partial charge in [-0.15, -0.1) is 0 Å². The van der Waals surface area contributed by atoms with E-state index in [1.165, 1.54) is 28.6 Å². The van der Waals surface area contributed by atoms with Crippen molar-refractivity contribution >= 4 is 15.7 Å². The Labute approximate surface area is 147 Å². The van der Waals surface area contributed by atoms with Crippen molar-refractivity contribution in [2.24, 2.45) is 0 Å². The lowest BCUT2D eigenvalue weighted by Crippen LogP contribution is -2.48. The molecule has 2 aromatic rings. The zero-order valence-corrected chi connectivity index (χ0v) is 14.7. The van der Waals surface area contributed by atoms with Crippen molar-refractivity contribution in [3.05, 3.63) is 54.1 Å². The number of nitriles is 1. The molecular weight excluding hydrogens is 338 g/mol. The molecule has 1 fully saturated rings. The van der Waals surface area contributed by atoms with Crippen LogP contribution in [0.15, 0.2) is 53.4 Å². The number of sulfonamides is 1. The van der Waals surface area contributed by atoms with Gasteiger partial charge in [-0.25, -0.2) is 8.42 Å². The van der Waals surface area contributed by atoms with Gasteiger partial charge in [0.1, 0.15) is 5.75 Å². The summed E-state index contributed by atoms with van der Waals surface area (Å²) in [6.07, 6.45) is 0. The van der Waals surface area contributed by atoms with Crippen molar-refractivity contribution in [2.75, 3.05) is 38.2 Å². The number of benzene rings is 2. The fraction of sp³-hybridized carbons (Fsp3) is 0.278. The van der Waals surface area contributed by atoms with Crippen LogP contribution in [0.25, 0.3) is 0 Å². The molecule has 1 aliphatic heterocycles. The largest absolute Gasteiger partial charge is 0.497 e. The molecule has 0 aliphatic carbocycles. The van der Waals surface area contributed by atoms with Crippen LogP contribution in [0, 0.1) is 11.3 Å². The van der Waals surface area contributed by atoms with E-state index < -0.39 is 10.0 Å². The molecule has 1 aliphatic rings. The van der Waals surface area contributed by atoms with Crippen LogP contribution in [0.4, 0.5) is 5.69 Å². The van der Waals surface area contributed by atoms with Gasteiger partial charge in [-0.2, -0.15) is 9.57 Å². The van der Waals surface area contributed by atoms with E-state index >= 15 is 0 Å². The molecule has 0 bridgehead atoms. The Morgan fingerprint density at radius 3 is 2.32 bits per heavy atom. The Balaban J connectivity index is 1.71. The monoisotopic (exact) mass is 357 g/mol. The van der Waals surface area contributed by atoms with Gasteiger partial charge in [0.15, 0.2) is 0 Å². The zero-order chi connectivity index (χ0) is 17.9. The van der Waals surface area contributed by atoms with Crippen LogP contribution in [-0.2, 0) is 10.0 Å². The maximum atomic E-state index is 12.7. The van der Waals surface area contributed by atoms with Crippen LogP contribution in [0.1, 0.15) is 5.56 Å². The summed E-state index contributed by atoms with van der Waals surface area (Å²) in [5, 5.41) is 8.83. The Kier molecular flexibility index (Phi) is 4.93. The minimum Gasteiger partial charge on any atom is -0.497 e. The van der Waals surface area contributed by atoms with Gasteiger partial charge in [-0.05, 0) is 36.4 Å². The molecule has 2 aromatic carbocycles. The molecule has 1 heterocycles. The third-order valence-electron chi connectivity index (χ3n) is 4.28. The Hall–Kier alpha value is -2.56. The van der Waals surface area contributed by atoms with Crippen LogP contribution in [0.3, 0.4) is 0 Å². The highest BCUT2D eigenvalue weighted by Crippen LogP contribution is 2.24. The maximum Gasteiger partial charge on any atom is 0.243 e. The molecule has 0 amide bonds. The molecule has 0 radical (unpaired) electrons. The molecule has 7 heteroatoms. The first-order valence-electron chi connectivity index (χ1n) is 7.94. The van der Waals surface area contributed by atoms with Crippen LogP contribution < -0.4 is 9.64 Å². The normalized spacial score (nSPS) is 15.6. The summed E-state index contributed by atoms with van der Waals surface area (Å²) in [5.74, 6) is 0.783. The van der Waals surface area contributed by atoms with Gasteiger partial charge in [0.05, 0.1) is 23.6 Å². The second-order valence-corrected chi connectivity index (χ2v) is 7.67. The highest BCUT2D eigenvalue weighted by molar-refractivity contribution is 7.89. The predicted octanol–water partition coefficient (Wildman–Crippen LogP) is 2.08. The molecule has 0 spiro atoms. The van der Waals surface area contributed by atoms with E-state index in [2.05, 4.69) is 4.90 Å². The Bertz CT molecular complexity index is 881. The van der Waals surface area contributed by atoms with E-state index in [1.54, 1.807) is 7.11 Å². The third-order valence-corrected chi connectivity index (χ3v) is 6.19. The van der Waals surface area contributed by atoms with Crippen LogP contribution in [-0.4, -0.2) is 46.0 Å². The maximum absolute atomic E-state index is 12.7. The van der Waals surface area contributed by atoms with Gasteiger partial charge in [0.25, 0.3) is 0 Å². The first-order chi connectivity index (χ1) is 12.0. The lowest BCUT2D eigenvalue weighted by atomic mass is 10.2. The molecule has 0 unspecified atom stereocenters. The van der Waals surface area contributed by atoms with E-state index in [0.29, 0.717) is 31.7 Å². The van der Waals surface area contributed by atoms with E-state index in [1.807, 2.05) is 30.3 Å². The van der Waals surface area contributed by atoms with Crippen molar-refractivity contribution in [2.45, 2.75) is 4.90 Å². The lowest BCUT2D eigenvalue weighted by Gasteiger charge is -2.35. The Morgan fingerprint density at radius 2 is 1.72 bits per heavy atom. The number of hydrogen-bond acceptors (Lipinski definition) is 5. The molecular formula is C18H19N3O3S. The highest BCUT2D eigenvalue weighted by atomic mass is 32.2.